The predicted octanol–water partition coefficient (Wildman–Crippen LogP) is 8.72. The first-order chi connectivity index (χ1) is 18.0. The normalized spacial score (nSPS) is 18.7. The summed E-state index contributed by atoms with van der Waals surface area (Å²) >= 11 is 6.13. The van der Waals surface area contributed by atoms with Crippen molar-refractivity contribution in [3.63, 3.8) is 0 Å². The first kappa shape index (κ1) is 26.7. The summed E-state index contributed by atoms with van der Waals surface area (Å²) in [7, 11) is 0. The number of hydrogen-bond acceptors (Lipinski definition) is 4. The van der Waals surface area contributed by atoms with E-state index in [1.54, 1.807) is 0 Å². The van der Waals surface area contributed by atoms with Crippen molar-refractivity contribution in [1.29, 1.82) is 0 Å². The van der Waals surface area contributed by atoms with Crippen molar-refractivity contribution in [2.45, 2.75) is 51.7 Å². The maximum atomic E-state index is 13.7. The van der Waals surface area contributed by atoms with E-state index in [9.17, 15) is 4.79 Å². The van der Waals surface area contributed by atoms with Crippen LogP contribution < -0.4 is 4.74 Å². The third kappa shape index (κ3) is 6.60. The smallest absolute Gasteiger partial charge is 0.267 e. The lowest BCUT2D eigenvalue weighted by atomic mass is 9.94. The summed E-state index contributed by atoms with van der Waals surface area (Å²) in [6, 6.07) is 22.7. The molecule has 1 aliphatic heterocycles. The highest BCUT2D eigenvalue weighted by atomic mass is 127. The van der Waals surface area contributed by atoms with Gasteiger partial charge in [0.2, 0.25) is 0 Å². The number of ether oxygens (including phenoxy) is 1. The highest BCUT2D eigenvalue weighted by Crippen LogP contribution is 2.39. The SMILES string of the molecule is Cc1ccc(N=C2S/C(=C/c3cc(I)c(OCc4ccccc4)c(I)c3)C(=O)N2C2CCCCC2)cc1. The highest BCUT2D eigenvalue weighted by Gasteiger charge is 2.38. The molecule has 1 amide bonds. The number of rotatable bonds is 6. The molecule has 0 atom stereocenters. The van der Waals surface area contributed by atoms with Crippen LogP contribution in [0.2, 0.25) is 0 Å². The Morgan fingerprint density at radius 3 is 2.35 bits per heavy atom. The van der Waals surface area contributed by atoms with Gasteiger partial charge in [0.25, 0.3) is 5.91 Å². The number of benzene rings is 3. The van der Waals surface area contributed by atoms with Gasteiger partial charge in [0, 0.05) is 6.04 Å². The Bertz CT molecular complexity index is 1310. The third-order valence-electron chi connectivity index (χ3n) is 6.58. The maximum Gasteiger partial charge on any atom is 0.267 e. The summed E-state index contributed by atoms with van der Waals surface area (Å²) in [5.41, 5.74) is 4.21. The topological polar surface area (TPSA) is 41.9 Å². The van der Waals surface area contributed by atoms with Gasteiger partial charge in [-0.3, -0.25) is 9.69 Å². The third-order valence-corrected chi connectivity index (χ3v) is 9.17. The van der Waals surface area contributed by atoms with Crippen LogP contribution in [0.1, 0.15) is 48.8 Å². The van der Waals surface area contributed by atoms with Gasteiger partial charge in [-0.2, -0.15) is 0 Å². The molecule has 0 spiro atoms. The molecular formula is C30H28I2N2O2S. The number of carbonyl (C=O) groups is 1. The van der Waals surface area contributed by atoms with E-state index in [-0.39, 0.29) is 11.9 Å². The Morgan fingerprint density at radius 2 is 1.68 bits per heavy atom. The second-order valence-corrected chi connectivity index (χ2v) is 12.7. The molecule has 37 heavy (non-hydrogen) atoms. The molecule has 1 aliphatic carbocycles. The number of aryl methyl sites for hydroxylation is 1. The molecule has 2 aliphatic rings. The molecule has 0 bridgehead atoms. The minimum atomic E-state index is 0.0668. The molecule has 7 heteroatoms. The number of carbonyl (C=O) groups excluding carboxylic acids is 1. The van der Waals surface area contributed by atoms with Crippen LogP contribution in [-0.2, 0) is 11.4 Å². The van der Waals surface area contributed by atoms with Gasteiger partial charge in [-0.1, -0.05) is 67.3 Å². The van der Waals surface area contributed by atoms with Crippen molar-refractivity contribution in [3.8, 4) is 5.75 Å². The lowest BCUT2D eigenvalue weighted by molar-refractivity contribution is -0.124. The molecule has 5 rings (SSSR count). The van der Waals surface area contributed by atoms with E-state index in [0.29, 0.717) is 6.61 Å². The Hall–Kier alpha value is -1.85. The molecule has 0 radical (unpaired) electrons. The van der Waals surface area contributed by atoms with Gasteiger partial charge in [-0.05, 0) is 118 Å². The van der Waals surface area contributed by atoms with E-state index in [4.69, 9.17) is 9.73 Å². The van der Waals surface area contributed by atoms with E-state index >= 15 is 0 Å². The number of amidine groups is 1. The Labute approximate surface area is 250 Å². The molecular weight excluding hydrogens is 706 g/mol. The zero-order valence-corrected chi connectivity index (χ0v) is 25.8. The molecule has 0 unspecified atom stereocenters. The van der Waals surface area contributed by atoms with Crippen LogP contribution in [-0.4, -0.2) is 22.0 Å². The number of nitrogens with zero attached hydrogens (tertiary/aromatic N) is 2. The van der Waals surface area contributed by atoms with Gasteiger partial charge < -0.3 is 4.74 Å². The molecule has 0 aromatic heterocycles. The Kier molecular flexibility index (Phi) is 8.92. The molecule has 190 valence electrons. The zero-order chi connectivity index (χ0) is 25.8. The van der Waals surface area contributed by atoms with Gasteiger partial charge in [-0.25, -0.2) is 4.99 Å². The molecule has 3 aromatic carbocycles. The molecule has 2 fully saturated rings. The average Bonchev–Trinajstić information content (AvgIpc) is 3.20. The van der Waals surface area contributed by atoms with Crippen LogP contribution in [0, 0.1) is 14.1 Å². The van der Waals surface area contributed by atoms with E-state index in [2.05, 4.69) is 88.5 Å². The number of thioether (sulfide) groups is 1. The van der Waals surface area contributed by atoms with Crippen molar-refractivity contribution < 1.29 is 9.53 Å². The molecule has 1 saturated carbocycles. The summed E-state index contributed by atoms with van der Waals surface area (Å²) in [4.78, 5) is 21.3. The minimum Gasteiger partial charge on any atom is -0.487 e. The highest BCUT2D eigenvalue weighted by molar-refractivity contribution is 14.1. The average molecular weight is 734 g/mol. The minimum absolute atomic E-state index is 0.0668. The predicted molar refractivity (Wildman–Crippen MR) is 170 cm³/mol. The first-order valence-corrected chi connectivity index (χ1v) is 15.5. The molecule has 3 aromatic rings. The van der Waals surface area contributed by atoms with Crippen molar-refractivity contribution >= 4 is 79.8 Å². The van der Waals surface area contributed by atoms with Crippen LogP contribution in [0.3, 0.4) is 0 Å². The fraction of sp³-hybridized carbons (Fsp3) is 0.267. The Morgan fingerprint density at radius 1 is 1.00 bits per heavy atom. The fourth-order valence-corrected chi connectivity index (χ4v) is 7.82. The van der Waals surface area contributed by atoms with Crippen LogP contribution >= 0.6 is 56.9 Å². The van der Waals surface area contributed by atoms with E-state index < -0.39 is 0 Å². The summed E-state index contributed by atoms with van der Waals surface area (Å²) in [6.07, 6.45) is 7.65. The lowest BCUT2D eigenvalue weighted by Gasteiger charge is -2.30. The van der Waals surface area contributed by atoms with E-state index in [1.807, 2.05) is 41.3 Å². The summed E-state index contributed by atoms with van der Waals surface area (Å²) in [6.45, 7) is 2.59. The van der Waals surface area contributed by atoms with Crippen molar-refractivity contribution in [1.82, 2.24) is 4.90 Å². The monoisotopic (exact) mass is 734 g/mol. The fourth-order valence-electron chi connectivity index (χ4n) is 4.64. The summed E-state index contributed by atoms with van der Waals surface area (Å²) < 4.78 is 8.21. The largest absolute Gasteiger partial charge is 0.487 e. The number of hydrogen-bond donors (Lipinski definition) is 0. The summed E-state index contributed by atoms with van der Waals surface area (Å²) in [5, 5.41) is 0.791. The maximum absolute atomic E-state index is 13.7. The second kappa shape index (κ2) is 12.3. The standard InChI is InChI=1S/C30H28I2N2O2S/c1-20-12-14-23(15-13-20)33-30-34(24-10-6-3-7-11-24)29(35)27(37-30)18-22-16-25(31)28(26(32)17-22)36-19-21-8-4-2-5-9-21/h2,4-5,8-9,12-18,24H,3,6-7,10-11,19H2,1H3/b27-18+,33-30?. The van der Waals surface area contributed by atoms with Gasteiger partial charge in [0.05, 0.1) is 17.7 Å². The molecule has 1 heterocycles. The van der Waals surface area contributed by atoms with Gasteiger partial charge in [0.15, 0.2) is 5.17 Å². The van der Waals surface area contributed by atoms with Crippen LogP contribution in [0.4, 0.5) is 5.69 Å². The zero-order valence-electron chi connectivity index (χ0n) is 20.6. The van der Waals surface area contributed by atoms with Crippen molar-refractivity contribution in [2.75, 3.05) is 0 Å². The van der Waals surface area contributed by atoms with E-state index in [0.717, 1.165) is 65.5 Å². The van der Waals surface area contributed by atoms with E-state index in [1.165, 1.54) is 23.7 Å². The van der Waals surface area contributed by atoms with Crippen LogP contribution in [0.5, 0.6) is 5.75 Å². The second-order valence-electron chi connectivity index (χ2n) is 9.40. The van der Waals surface area contributed by atoms with Gasteiger partial charge in [0.1, 0.15) is 12.4 Å². The number of amides is 1. The molecule has 4 nitrogen and oxygen atoms in total. The van der Waals surface area contributed by atoms with Crippen molar-refractivity contribution in [3.05, 3.63) is 95.5 Å². The number of aliphatic imine (C=N–C) groups is 1. The first-order valence-electron chi connectivity index (χ1n) is 12.5. The van der Waals surface area contributed by atoms with Gasteiger partial charge >= 0.3 is 0 Å². The van der Waals surface area contributed by atoms with Crippen LogP contribution in [0.25, 0.3) is 6.08 Å². The van der Waals surface area contributed by atoms with Crippen LogP contribution in [0.15, 0.2) is 76.6 Å². The Balaban J connectivity index is 1.41. The lowest BCUT2D eigenvalue weighted by Crippen LogP contribution is -2.40. The quantitative estimate of drug-likeness (QED) is 0.188. The van der Waals surface area contributed by atoms with Crippen molar-refractivity contribution in [2.24, 2.45) is 4.99 Å². The summed E-state index contributed by atoms with van der Waals surface area (Å²) in [5.74, 6) is 0.945. The molecule has 0 N–H and O–H groups in total. The number of halogens is 2. The van der Waals surface area contributed by atoms with Gasteiger partial charge in [-0.15, -0.1) is 0 Å². The molecule has 1 saturated heterocycles.